The largest absolute Gasteiger partial charge is 0.353 e. The fourth-order valence-electron chi connectivity index (χ4n) is 4.26. The van der Waals surface area contributed by atoms with Crippen LogP contribution < -0.4 is 9.80 Å². The zero-order valence-corrected chi connectivity index (χ0v) is 18.2. The minimum absolute atomic E-state index is 0.00344. The van der Waals surface area contributed by atoms with Crippen molar-refractivity contribution in [2.75, 3.05) is 42.5 Å². The van der Waals surface area contributed by atoms with E-state index in [2.05, 4.69) is 29.8 Å². The van der Waals surface area contributed by atoms with Gasteiger partial charge in [-0.15, -0.1) is 0 Å². The highest BCUT2D eigenvalue weighted by Gasteiger charge is 2.27. The third-order valence-electron chi connectivity index (χ3n) is 6.15. The molecule has 2 aromatic heterocycles. The van der Waals surface area contributed by atoms with Crippen LogP contribution >= 0.6 is 0 Å². The average molecular weight is 408 g/mol. The van der Waals surface area contributed by atoms with Crippen molar-refractivity contribution in [2.45, 2.75) is 40.5 Å². The number of piperazine rings is 1. The molecular formula is C23H29N5O2. The van der Waals surface area contributed by atoms with Crippen molar-refractivity contribution in [1.29, 1.82) is 0 Å². The number of nitrogens with zero attached hydrogens (tertiary/aromatic N) is 5. The summed E-state index contributed by atoms with van der Waals surface area (Å²) >= 11 is 0. The van der Waals surface area contributed by atoms with Gasteiger partial charge in [0.1, 0.15) is 11.6 Å². The lowest BCUT2D eigenvalue weighted by atomic mass is 10.1. The van der Waals surface area contributed by atoms with E-state index in [-0.39, 0.29) is 11.8 Å². The number of carbonyl (C=O) groups is 2. The van der Waals surface area contributed by atoms with Crippen LogP contribution in [0.2, 0.25) is 0 Å². The molecule has 0 unspecified atom stereocenters. The molecule has 2 amide bonds. The molecule has 0 N–H and O–H groups in total. The van der Waals surface area contributed by atoms with Gasteiger partial charge in [-0.2, -0.15) is 0 Å². The molecule has 2 aliphatic heterocycles. The lowest BCUT2D eigenvalue weighted by Crippen LogP contribution is -2.49. The van der Waals surface area contributed by atoms with Crippen molar-refractivity contribution in [3.05, 3.63) is 46.3 Å². The van der Waals surface area contributed by atoms with Gasteiger partial charge in [0, 0.05) is 44.8 Å². The van der Waals surface area contributed by atoms with Crippen molar-refractivity contribution in [3.8, 4) is 0 Å². The number of aromatic nitrogens is 2. The van der Waals surface area contributed by atoms with E-state index in [1.807, 2.05) is 24.8 Å². The molecule has 2 saturated heterocycles. The van der Waals surface area contributed by atoms with Crippen LogP contribution in [0.15, 0.2) is 18.2 Å². The molecule has 0 radical (unpaired) electrons. The minimum atomic E-state index is 0.00344. The van der Waals surface area contributed by atoms with Crippen molar-refractivity contribution < 1.29 is 9.59 Å². The molecular weight excluding hydrogens is 378 g/mol. The number of aryl methyl sites for hydroxylation is 4. The maximum Gasteiger partial charge on any atom is 0.255 e. The Morgan fingerprint density at radius 3 is 2.27 bits per heavy atom. The number of hydrogen-bond donors (Lipinski definition) is 0. The van der Waals surface area contributed by atoms with E-state index in [4.69, 9.17) is 4.98 Å². The van der Waals surface area contributed by atoms with E-state index in [1.165, 1.54) is 11.1 Å². The molecule has 0 bridgehead atoms. The first-order chi connectivity index (χ1) is 14.3. The molecule has 0 spiro atoms. The van der Waals surface area contributed by atoms with Gasteiger partial charge in [0.15, 0.2) is 0 Å². The Hall–Kier alpha value is -2.96. The van der Waals surface area contributed by atoms with Gasteiger partial charge in [0.2, 0.25) is 5.91 Å². The van der Waals surface area contributed by atoms with Crippen LogP contribution in [0.1, 0.15) is 45.7 Å². The van der Waals surface area contributed by atoms with Gasteiger partial charge in [-0.05, 0) is 57.4 Å². The third-order valence-corrected chi connectivity index (χ3v) is 6.15. The van der Waals surface area contributed by atoms with E-state index in [0.717, 1.165) is 31.0 Å². The summed E-state index contributed by atoms with van der Waals surface area (Å²) in [5, 5.41) is 0. The summed E-state index contributed by atoms with van der Waals surface area (Å²) in [5.41, 5.74) is 4.70. The van der Waals surface area contributed by atoms with Crippen LogP contribution in [-0.4, -0.2) is 59.4 Å². The molecule has 2 aromatic rings. The van der Waals surface area contributed by atoms with E-state index in [1.54, 1.807) is 11.0 Å². The summed E-state index contributed by atoms with van der Waals surface area (Å²) in [7, 11) is 0. The highest BCUT2D eigenvalue weighted by molar-refractivity contribution is 5.97. The molecule has 4 heterocycles. The molecule has 0 atom stereocenters. The summed E-state index contributed by atoms with van der Waals surface area (Å²) in [6.07, 6.45) is 1.43. The topological polar surface area (TPSA) is 69.6 Å². The monoisotopic (exact) mass is 407 g/mol. The highest BCUT2D eigenvalue weighted by atomic mass is 16.2. The molecule has 0 aromatic carbocycles. The molecule has 7 nitrogen and oxygen atoms in total. The molecule has 7 heteroatoms. The molecule has 2 aliphatic rings. The maximum atomic E-state index is 13.1. The van der Waals surface area contributed by atoms with Crippen LogP contribution in [0.5, 0.6) is 0 Å². The van der Waals surface area contributed by atoms with Gasteiger partial charge in [0.25, 0.3) is 5.91 Å². The zero-order valence-electron chi connectivity index (χ0n) is 18.2. The summed E-state index contributed by atoms with van der Waals surface area (Å²) in [6.45, 7) is 11.6. The summed E-state index contributed by atoms with van der Waals surface area (Å²) in [4.78, 5) is 40.2. The van der Waals surface area contributed by atoms with Crippen LogP contribution in [0.3, 0.4) is 0 Å². The van der Waals surface area contributed by atoms with Crippen molar-refractivity contribution in [2.24, 2.45) is 0 Å². The summed E-state index contributed by atoms with van der Waals surface area (Å²) in [5.74, 6) is 1.77. The molecule has 0 saturated carbocycles. The number of carbonyl (C=O) groups excluding carboxylic acids is 2. The van der Waals surface area contributed by atoms with Gasteiger partial charge in [0.05, 0.1) is 11.3 Å². The first-order valence-electron chi connectivity index (χ1n) is 10.6. The number of rotatable bonds is 3. The number of anilines is 2. The normalized spacial score (nSPS) is 17.1. The number of amides is 2. The van der Waals surface area contributed by atoms with Crippen LogP contribution in [0.4, 0.5) is 11.6 Å². The second kappa shape index (κ2) is 8.05. The number of pyridine rings is 2. The van der Waals surface area contributed by atoms with Gasteiger partial charge in [-0.3, -0.25) is 14.5 Å². The summed E-state index contributed by atoms with van der Waals surface area (Å²) in [6, 6.07) is 5.78. The Bertz CT molecular complexity index is 995. The SMILES string of the molecule is Cc1cc(C)c(N2CCN(C(=O)c3ccc(N4CCCC4=O)nc3C)CC2)nc1C. The quantitative estimate of drug-likeness (QED) is 0.783. The average Bonchev–Trinajstić information content (AvgIpc) is 3.16. The van der Waals surface area contributed by atoms with Crippen LogP contribution in [-0.2, 0) is 4.79 Å². The van der Waals surface area contributed by atoms with Gasteiger partial charge in [-0.1, -0.05) is 6.07 Å². The van der Waals surface area contributed by atoms with Crippen LogP contribution in [0.25, 0.3) is 0 Å². The molecule has 158 valence electrons. The fourth-order valence-corrected chi connectivity index (χ4v) is 4.26. The lowest BCUT2D eigenvalue weighted by Gasteiger charge is -2.36. The first-order valence-corrected chi connectivity index (χ1v) is 10.6. The third kappa shape index (κ3) is 3.76. The van der Waals surface area contributed by atoms with Gasteiger partial charge in [-0.25, -0.2) is 9.97 Å². The smallest absolute Gasteiger partial charge is 0.255 e. The summed E-state index contributed by atoms with van der Waals surface area (Å²) < 4.78 is 0. The predicted molar refractivity (Wildman–Crippen MR) is 117 cm³/mol. The Morgan fingerprint density at radius 1 is 0.900 bits per heavy atom. The second-order valence-corrected chi connectivity index (χ2v) is 8.26. The van der Waals surface area contributed by atoms with Crippen molar-refractivity contribution in [1.82, 2.24) is 14.9 Å². The highest BCUT2D eigenvalue weighted by Crippen LogP contribution is 2.24. The van der Waals surface area contributed by atoms with Gasteiger partial charge < -0.3 is 9.80 Å². The molecule has 30 heavy (non-hydrogen) atoms. The molecule has 2 fully saturated rings. The Morgan fingerprint density at radius 2 is 1.63 bits per heavy atom. The Kier molecular flexibility index (Phi) is 5.45. The Balaban J connectivity index is 1.44. The maximum absolute atomic E-state index is 13.1. The van der Waals surface area contributed by atoms with Crippen molar-refractivity contribution in [3.63, 3.8) is 0 Å². The standard InChI is InChI=1S/C23H29N5O2/c1-15-14-16(2)22(25-17(15)3)26-10-12-27(13-11-26)23(30)19-7-8-20(24-18(19)4)28-9-5-6-21(28)29/h7-8,14H,5-6,9-13H2,1-4H3. The van der Waals surface area contributed by atoms with Gasteiger partial charge >= 0.3 is 0 Å². The van der Waals surface area contributed by atoms with E-state index in [0.29, 0.717) is 43.1 Å². The second-order valence-electron chi connectivity index (χ2n) is 8.26. The Labute approximate surface area is 177 Å². The van der Waals surface area contributed by atoms with Crippen molar-refractivity contribution >= 4 is 23.5 Å². The fraction of sp³-hybridized carbons (Fsp3) is 0.478. The predicted octanol–water partition coefficient (Wildman–Crippen LogP) is 2.80. The molecule has 4 rings (SSSR count). The lowest BCUT2D eigenvalue weighted by molar-refractivity contribution is -0.117. The van der Waals surface area contributed by atoms with E-state index in [9.17, 15) is 9.59 Å². The van der Waals surface area contributed by atoms with Crippen LogP contribution in [0, 0.1) is 27.7 Å². The van der Waals surface area contributed by atoms with E-state index >= 15 is 0 Å². The zero-order chi connectivity index (χ0) is 21.4. The minimum Gasteiger partial charge on any atom is -0.353 e. The number of hydrogen-bond acceptors (Lipinski definition) is 5. The molecule has 0 aliphatic carbocycles. The van der Waals surface area contributed by atoms with E-state index < -0.39 is 0 Å². The first kappa shape index (κ1) is 20.3.